The zero-order valence-corrected chi connectivity index (χ0v) is 19.8. The summed E-state index contributed by atoms with van der Waals surface area (Å²) in [4.78, 5) is 12.9. The van der Waals surface area contributed by atoms with Crippen LogP contribution in [0, 0.1) is 0 Å². The first-order chi connectivity index (χ1) is 16.4. The van der Waals surface area contributed by atoms with Crippen molar-refractivity contribution in [3.63, 3.8) is 0 Å². The second kappa shape index (κ2) is 10.8. The molecule has 1 heterocycles. The van der Waals surface area contributed by atoms with Crippen molar-refractivity contribution in [2.45, 2.75) is 30.3 Å². The SMILES string of the molecule is COc1ccc(NC(=O)c2cccc(S(=O)(=O)NCC3CCCO3)c2)cc1Cc1ccccc1. The van der Waals surface area contributed by atoms with Gasteiger partial charge in [-0.25, -0.2) is 13.1 Å². The van der Waals surface area contributed by atoms with Gasteiger partial charge in [-0.05, 0) is 54.8 Å². The Labute approximate surface area is 200 Å². The van der Waals surface area contributed by atoms with Crippen molar-refractivity contribution >= 4 is 21.6 Å². The van der Waals surface area contributed by atoms with Crippen LogP contribution in [0.5, 0.6) is 5.75 Å². The average Bonchev–Trinajstić information content (AvgIpc) is 3.38. The van der Waals surface area contributed by atoms with Crippen LogP contribution >= 0.6 is 0 Å². The molecule has 1 unspecified atom stereocenters. The highest BCUT2D eigenvalue weighted by atomic mass is 32.2. The van der Waals surface area contributed by atoms with E-state index in [0.717, 1.165) is 29.7 Å². The van der Waals surface area contributed by atoms with E-state index < -0.39 is 15.9 Å². The van der Waals surface area contributed by atoms with Gasteiger partial charge < -0.3 is 14.8 Å². The molecule has 3 aromatic rings. The fourth-order valence-electron chi connectivity index (χ4n) is 3.91. The molecule has 178 valence electrons. The molecule has 2 N–H and O–H groups in total. The molecule has 1 aliphatic rings. The number of ether oxygens (including phenoxy) is 2. The van der Waals surface area contributed by atoms with E-state index in [4.69, 9.17) is 9.47 Å². The lowest BCUT2D eigenvalue weighted by atomic mass is 10.0. The van der Waals surface area contributed by atoms with E-state index in [-0.39, 0.29) is 23.1 Å². The van der Waals surface area contributed by atoms with Crippen LogP contribution < -0.4 is 14.8 Å². The highest BCUT2D eigenvalue weighted by Gasteiger charge is 2.21. The minimum Gasteiger partial charge on any atom is -0.496 e. The van der Waals surface area contributed by atoms with Crippen LogP contribution in [-0.4, -0.2) is 40.7 Å². The van der Waals surface area contributed by atoms with Gasteiger partial charge in [0.2, 0.25) is 10.0 Å². The minimum atomic E-state index is -3.75. The van der Waals surface area contributed by atoms with Crippen LogP contribution in [0.25, 0.3) is 0 Å². The van der Waals surface area contributed by atoms with Gasteiger partial charge in [0.15, 0.2) is 0 Å². The fourth-order valence-corrected chi connectivity index (χ4v) is 5.02. The molecule has 0 bridgehead atoms. The molecule has 0 aromatic heterocycles. The summed E-state index contributed by atoms with van der Waals surface area (Å²) in [6.45, 7) is 0.870. The lowest BCUT2D eigenvalue weighted by molar-refractivity contribution is 0.102. The van der Waals surface area contributed by atoms with E-state index in [1.165, 1.54) is 12.1 Å². The summed E-state index contributed by atoms with van der Waals surface area (Å²) in [5.74, 6) is 0.333. The summed E-state index contributed by atoms with van der Waals surface area (Å²) in [7, 11) is -2.14. The van der Waals surface area contributed by atoms with Gasteiger partial charge in [-0.3, -0.25) is 4.79 Å². The molecule has 4 rings (SSSR count). The van der Waals surface area contributed by atoms with Gasteiger partial charge in [-0.2, -0.15) is 0 Å². The van der Waals surface area contributed by atoms with Gasteiger partial charge in [-0.1, -0.05) is 36.4 Å². The quantitative estimate of drug-likeness (QED) is 0.483. The average molecular weight is 481 g/mol. The maximum absolute atomic E-state index is 12.9. The predicted molar refractivity (Wildman–Crippen MR) is 131 cm³/mol. The molecule has 1 amide bonds. The van der Waals surface area contributed by atoms with Crippen molar-refractivity contribution in [3.8, 4) is 5.75 Å². The molecule has 0 radical (unpaired) electrons. The monoisotopic (exact) mass is 480 g/mol. The number of nitrogens with one attached hydrogen (secondary N) is 2. The molecule has 7 nitrogen and oxygen atoms in total. The van der Waals surface area contributed by atoms with Crippen LogP contribution in [-0.2, 0) is 21.2 Å². The molecule has 1 aliphatic heterocycles. The van der Waals surface area contributed by atoms with Crippen LogP contribution in [0.3, 0.4) is 0 Å². The molecule has 1 saturated heterocycles. The normalized spacial score (nSPS) is 15.7. The number of hydrogen-bond acceptors (Lipinski definition) is 5. The number of methoxy groups -OCH3 is 1. The molecular weight excluding hydrogens is 452 g/mol. The van der Waals surface area contributed by atoms with Gasteiger partial charge in [0.25, 0.3) is 5.91 Å². The Morgan fingerprint density at radius 2 is 1.88 bits per heavy atom. The summed E-state index contributed by atoms with van der Waals surface area (Å²) in [6.07, 6.45) is 2.30. The van der Waals surface area contributed by atoms with Gasteiger partial charge >= 0.3 is 0 Å². The van der Waals surface area contributed by atoms with Crippen molar-refractivity contribution in [1.82, 2.24) is 4.72 Å². The minimum absolute atomic E-state index is 0.0395. The van der Waals surface area contributed by atoms with Gasteiger partial charge in [-0.15, -0.1) is 0 Å². The smallest absolute Gasteiger partial charge is 0.255 e. The largest absolute Gasteiger partial charge is 0.496 e. The van der Waals surface area contributed by atoms with E-state index in [1.807, 2.05) is 42.5 Å². The van der Waals surface area contributed by atoms with E-state index in [0.29, 0.717) is 18.7 Å². The summed E-state index contributed by atoms with van der Waals surface area (Å²) in [5.41, 5.74) is 2.90. The number of anilines is 1. The van der Waals surface area contributed by atoms with Crippen molar-refractivity contribution in [2.24, 2.45) is 0 Å². The Balaban J connectivity index is 1.47. The van der Waals surface area contributed by atoms with Crippen molar-refractivity contribution < 1.29 is 22.7 Å². The number of carbonyl (C=O) groups excluding carboxylic acids is 1. The third-order valence-electron chi connectivity index (χ3n) is 5.71. The van der Waals surface area contributed by atoms with Crippen molar-refractivity contribution in [2.75, 3.05) is 25.6 Å². The third-order valence-corrected chi connectivity index (χ3v) is 7.13. The summed E-state index contributed by atoms with van der Waals surface area (Å²) in [6, 6.07) is 21.4. The maximum atomic E-state index is 12.9. The Morgan fingerprint density at radius 1 is 1.06 bits per heavy atom. The molecule has 0 saturated carbocycles. The molecular formula is C26H28N2O5S. The summed E-state index contributed by atoms with van der Waals surface area (Å²) < 4.78 is 38.9. The van der Waals surface area contributed by atoms with Crippen LogP contribution in [0.4, 0.5) is 5.69 Å². The van der Waals surface area contributed by atoms with E-state index in [1.54, 1.807) is 25.3 Å². The summed E-state index contributed by atoms with van der Waals surface area (Å²) in [5, 5.41) is 2.86. The van der Waals surface area contributed by atoms with E-state index in [9.17, 15) is 13.2 Å². The maximum Gasteiger partial charge on any atom is 0.255 e. The molecule has 0 aliphatic carbocycles. The number of benzene rings is 3. The third kappa shape index (κ3) is 6.02. The number of sulfonamides is 1. The highest BCUT2D eigenvalue weighted by Crippen LogP contribution is 2.26. The highest BCUT2D eigenvalue weighted by molar-refractivity contribution is 7.89. The number of amides is 1. The number of hydrogen-bond donors (Lipinski definition) is 2. The van der Waals surface area contributed by atoms with Gasteiger partial charge in [0, 0.05) is 36.4 Å². The molecule has 8 heteroatoms. The van der Waals surface area contributed by atoms with Crippen LogP contribution in [0.15, 0.2) is 77.7 Å². The molecule has 1 fully saturated rings. The van der Waals surface area contributed by atoms with E-state index in [2.05, 4.69) is 10.0 Å². The zero-order chi connectivity index (χ0) is 24.0. The second-order valence-corrected chi connectivity index (χ2v) is 9.92. The first kappa shape index (κ1) is 23.9. The second-order valence-electron chi connectivity index (χ2n) is 8.16. The molecule has 3 aromatic carbocycles. The topological polar surface area (TPSA) is 93.7 Å². The van der Waals surface area contributed by atoms with Crippen molar-refractivity contribution in [1.29, 1.82) is 0 Å². The van der Waals surface area contributed by atoms with Crippen molar-refractivity contribution in [3.05, 3.63) is 89.5 Å². The summed E-state index contributed by atoms with van der Waals surface area (Å²) >= 11 is 0. The molecule has 0 spiro atoms. The molecule has 34 heavy (non-hydrogen) atoms. The van der Waals surface area contributed by atoms with Crippen LogP contribution in [0.1, 0.15) is 34.3 Å². The first-order valence-corrected chi connectivity index (χ1v) is 12.7. The zero-order valence-electron chi connectivity index (χ0n) is 19.0. The predicted octanol–water partition coefficient (Wildman–Crippen LogP) is 4.00. The fraction of sp³-hybridized carbons (Fsp3) is 0.269. The van der Waals surface area contributed by atoms with Gasteiger partial charge in [0.1, 0.15) is 5.75 Å². The Hall–Kier alpha value is -3.20. The van der Waals surface area contributed by atoms with Crippen LogP contribution in [0.2, 0.25) is 0 Å². The van der Waals surface area contributed by atoms with E-state index >= 15 is 0 Å². The molecule has 1 atom stereocenters. The Morgan fingerprint density at radius 3 is 2.62 bits per heavy atom. The standard InChI is InChI=1S/C26H28N2O5S/c1-32-25-13-12-22(16-21(25)15-19-7-3-2-4-8-19)28-26(29)20-9-5-11-24(17-20)34(30,31)27-18-23-10-6-14-33-23/h2-5,7-9,11-13,16-17,23,27H,6,10,14-15,18H2,1H3,(H,28,29). The number of carbonyl (C=O) groups is 1. The Kier molecular flexibility index (Phi) is 7.62. The van der Waals surface area contributed by atoms with Gasteiger partial charge in [0.05, 0.1) is 18.1 Å². The first-order valence-electron chi connectivity index (χ1n) is 11.2. The number of rotatable bonds is 9. The Bertz CT molecular complexity index is 1240. The lowest BCUT2D eigenvalue weighted by Crippen LogP contribution is -2.32. The lowest BCUT2D eigenvalue weighted by Gasteiger charge is -2.13.